The van der Waals surface area contributed by atoms with E-state index in [2.05, 4.69) is 0 Å². The van der Waals surface area contributed by atoms with E-state index in [9.17, 15) is 20.1 Å². The molecule has 0 aromatic heterocycles. The molecule has 0 fully saturated rings. The van der Waals surface area contributed by atoms with Crippen LogP contribution in [0.3, 0.4) is 0 Å². The molecule has 2 aromatic rings. The van der Waals surface area contributed by atoms with Gasteiger partial charge < -0.3 is 20.1 Å². The first-order valence-electron chi connectivity index (χ1n) is 5.93. The van der Waals surface area contributed by atoms with Crippen LogP contribution in [0.15, 0.2) is 36.4 Å². The molecule has 0 bridgehead atoms. The van der Waals surface area contributed by atoms with E-state index < -0.39 is 17.2 Å². The normalized spacial score (nSPS) is 10.2. The molecular formula is C15H14O5. The van der Waals surface area contributed by atoms with E-state index in [1.807, 2.05) is 0 Å². The van der Waals surface area contributed by atoms with Crippen LogP contribution in [0.5, 0.6) is 23.0 Å². The van der Waals surface area contributed by atoms with Crippen LogP contribution in [0.2, 0.25) is 0 Å². The quantitative estimate of drug-likeness (QED) is 0.588. The van der Waals surface area contributed by atoms with Crippen molar-refractivity contribution in [1.82, 2.24) is 0 Å². The van der Waals surface area contributed by atoms with Gasteiger partial charge in [0.2, 0.25) is 5.75 Å². The fraction of sp³-hybridized carbons (Fsp3) is 0.133. The highest BCUT2D eigenvalue weighted by Gasteiger charge is 2.17. The minimum absolute atomic E-state index is 0.0314. The Morgan fingerprint density at radius 1 is 1.00 bits per heavy atom. The van der Waals surface area contributed by atoms with Crippen molar-refractivity contribution in [1.29, 1.82) is 0 Å². The standard InChI is InChI=1S/C15H14O5/c1-20-10-4-2-9(3-5-10)8-13(17)11-6-7-12(16)15(19)14(11)18/h2-7,16,18-19H,8H2,1H3. The van der Waals surface area contributed by atoms with Crippen molar-refractivity contribution in [2.24, 2.45) is 0 Å². The fourth-order valence-electron chi connectivity index (χ4n) is 1.82. The molecule has 0 aliphatic heterocycles. The topological polar surface area (TPSA) is 87.0 Å². The van der Waals surface area contributed by atoms with Gasteiger partial charge in [0.05, 0.1) is 12.7 Å². The highest BCUT2D eigenvalue weighted by molar-refractivity contribution is 6.00. The number of ether oxygens (including phenoxy) is 1. The zero-order valence-electron chi connectivity index (χ0n) is 10.8. The molecular weight excluding hydrogens is 260 g/mol. The third-order valence-corrected chi connectivity index (χ3v) is 2.95. The van der Waals surface area contributed by atoms with Gasteiger partial charge >= 0.3 is 0 Å². The Kier molecular flexibility index (Phi) is 3.79. The number of carbonyl (C=O) groups is 1. The Morgan fingerprint density at radius 3 is 2.25 bits per heavy atom. The largest absolute Gasteiger partial charge is 0.504 e. The number of carbonyl (C=O) groups excluding carboxylic acids is 1. The summed E-state index contributed by atoms with van der Waals surface area (Å²) < 4.78 is 5.02. The molecule has 0 aliphatic rings. The lowest BCUT2D eigenvalue weighted by molar-refractivity contribution is 0.0989. The molecule has 3 N–H and O–H groups in total. The number of rotatable bonds is 4. The number of hydrogen-bond donors (Lipinski definition) is 3. The summed E-state index contributed by atoms with van der Waals surface area (Å²) in [6, 6.07) is 9.39. The molecule has 0 aliphatic carbocycles. The monoisotopic (exact) mass is 274 g/mol. The van der Waals surface area contributed by atoms with Gasteiger partial charge in [-0.2, -0.15) is 0 Å². The average Bonchev–Trinajstić information content (AvgIpc) is 2.45. The van der Waals surface area contributed by atoms with E-state index in [1.165, 1.54) is 6.07 Å². The Morgan fingerprint density at radius 2 is 1.65 bits per heavy atom. The SMILES string of the molecule is COc1ccc(CC(=O)c2ccc(O)c(O)c2O)cc1. The highest BCUT2D eigenvalue weighted by atomic mass is 16.5. The summed E-state index contributed by atoms with van der Waals surface area (Å²) in [5.41, 5.74) is 0.721. The molecule has 5 heteroatoms. The van der Waals surface area contributed by atoms with Crippen molar-refractivity contribution in [2.45, 2.75) is 6.42 Å². The van der Waals surface area contributed by atoms with Gasteiger partial charge in [0.25, 0.3) is 0 Å². The van der Waals surface area contributed by atoms with Gasteiger partial charge in [0, 0.05) is 6.42 Å². The predicted molar refractivity (Wildman–Crippen MR) is 72.5 cm³/mol. The van der Waals surface area contributed by atoms with Crippen LogP contribution in [0, 0.1) is 0 Å². The lowest BCUT2D eigenvalue weighted by Gasteiger charge is -2.07. The number of phenolic OH excluding ortho intramolecular Hbond substituents is 3. The van der Waals surface area contributed by atoms with Crippen LogP contribution >= 0.6 is 0 Å². The number of ketones is 1. The van der Waals surface area contributed by atoms with Gasteiger partial charge in [-0.25, -0.2) is 0 Å². The van der Waals surface area contributed by atoms with Gasteiger partial charge in [-0.1, -0.05) is 12.1 Å². The van der Waals surface area contributed by atoms with Crippen molar-refractivity contribution >= 4 is 5.78 Å². The smallest absolute Gasteiger partial charge is 0.201 e. The highest BCUT2D eigenvalue weighted by Crippen LogP contribution is 2.37. The van der Waals surface area contributed by atoms with Gasteiger partial charge in [-0.3, -0.25) is 4.79 Å². The van der Waals surface area contributed by atoms with Crippen LogP contribution in [0.1, 0.15) is 15.9 Å². The first-order valence-corrected chi connectivity index (χ1v) is 5.93. The molecule has 0 heterocycles. The zero-order valence-corrected chi connectivity index (χ0v) is 10.8. The molecule has 2 aromatic carbocycles. The molecule has 0 amide bonds. The van der Waals surface area contributed by atoms with Crippen molar-refractivity contribution in [2.75, 3.05) is 7.11 Å². The number of aromatic hydroxyl groups is 3. The number of phenols is 3. The van der Waals surface area contributed by atoms with E-state index >= 15 is 0 Å². The molecule has 20 heavy (non-hydrogen) atoms. The van der Waals surface area contributed by atoms with Crippen LogP contribution in [-0.2, 0) is 6.42 Å². The number of hydrogen-bond acceptors (Lipinski definition) is 5. The van der Waals surface area contributed by atoms with E-state index in [-0.39, 0.29) is 17.8 Å². The van der Waals surface area contributed by atoms with E-state index in [1.54, 1.807) is 31.4 Å². The van der Waals surface area contributed by atoms with Crippen molar-refractivity contribution in [3.05, 3.63) is 47.5 Å². The van der Waals surface area contributed by atoms with Crippen molar-refractivity contribution in [3.63, 3.8) is 0 Å². The van der Waals surface area contributed by atoms with Crippen molar-refractivity contribution < 1.29 is 24.9 Å². The molecule has 0 saturated carbocycles. The average molecular weight is 274 g/mol. The van der Waals surface area contributed by atoms with Gasteiger partial charge in [0.1, 0.15) is 5.75 Å². The van der Waals surface area contributed by atoms with E-state index in [4.69, 9.17) is 4.74 Å². The number of methoxy groups -OCH3 is 1. The first kappa shape index (κ1) is 13.7. The second-order valence-corrected chi connectivity index (χ2v) is 4.28. The summed E-state index contributed by atoms with van der Waals surface area (Å²) in [6.07, 6.45) is 0.0712. The Hall–Kier alpha value is -2.69. The second kappa shape index (κ2) is 5.52. The van der Waals surface area contributed by atoms with E-state index in [0.29, 0.717) is 5.75 Å². The lowest BCUT2D eigenvalue weighted by Crippen LogP contribution is -2.04. The molecule has 0 atom stereocenters. The Labute approximate surface area is 115 Å². The van der Waals surface area contributed by atoms with Crippen LogP contribution in [-0.4, -0.2) is 28.2 Å². The second-order valence-electron chi connectivity index (χ2n) is 4.28. The molecule has 5 nitrogen and oxygen atoms in total. The summed E-state index contributed by atoms with van der Waals surface area (Å²) >= 11 is 0. The summed E-state index contributed by atoms with van der Waals surface area (Å²) in [5.74, 6) is -1.44. The molecule has 2 rings (SSSR count). The van der Waals surface area contributed by atoms with Crippen LogP contribution < -0.4 is 4.74 Å². The van der Waals surface area contributed by atoms with Gasteiger partial charge in [-0.05, 0) is 29.8 Å². The third kappa shape index (κ3) is 2.66. The summed E-state index contributed by atoms with van der Waals surface area (Å²) in [5, 5.41) is 28.3. The molecule has 0 radical (unpaired) electrons. The minimum Gasteiger partial charge on any atom is -0.504 e. The molecule has 0 spiro atoms. The zero-order chi connectivity index (χ0) is 14.7. The third-order valence-electron chi connectivity index (χ3n) is 2.95. The van der Waals surface area contributed by atoms with Crippen LogP contribution in [0.4, 0.5) is 0 Å². The Bertz CT molecular complexity index is 631. The fourth-order valence-corrected chi connectivity index (χ4v) is 1.82. The Balaban J connectivity index is 2.21. The van der Waals surface area contributed by atoms with Gasteiger partial charge in [-0.15, -0.1) is 0 Å². The van der Waals surface area contributed by atoms with Crippen LogP contribution in [0.25, 0.3) is 0 Å². The summed E-state index contributed by atoms with van der Waals surface area (Å²) in [4.78, 5) is 12.1. The number of Topliss-reactive ketones (excluding diaryl/α,β-unsaturated/α-hetero) is 1. The van der Waals surface area contributed by atoms with Crippen molar-refractivity contribution in [3.8, 4) is 23.0 Å². The minimum atomic E-state index is -0.689. The maximum absolute atomic E-state index is 12.1. The first-order chi connectivity index (χ1) is 9.52. The van der Waals surface area contributed by atoms with Gasteiger partial charge in [0.15, 0.2) is 17.3 Å². The maximum atomic E-state index is 12.1. The predicted octanol–water partition coefficient (Wildman–Crippen LogP) is 2.24. The molecule has 0 saturated heterocycles. The summed E-state index contributed by atoms with van der Waals surface area (Å²) in [6.45, 7) is 0. The maximum Gasteiger partial charge on any atom is 0.201 e. The molecule has 0 unspecified atom stereocenters. The summed E-state index contributed by atoms with van der Waals surface area (Å²) in [7, 11) is 1.55. The molecule has 104 valence electrons. The number of benzene rings is 2. The van der Waals surface area contributed by atoms with E-state index in [0.717, 1.165) is 11.6 Å². The lowest BCUT2D eigenvalue weighted by atomic mass is 10.0.